The van der Waals surface area contributed by atoms with Crippen LogP contribution in [-0.4, -0.2) is 20.1 Å². The SMILES string of the molecule is CNC(C)(Cc1ccccc1)c1ccccc1.COC(=O)C(N)(Cc1ccccc1)c1ccccc1. The van der Waals surface area contributed by atoms with Gasteiger partial charge in [-0.15, -0.1) is 0 Å². The Morgan fingerprint density at radius 2 is 1.08 bits per heavy atom. The zero-order chi connectivity index (χ0) is 25.9. The number of likely N-dealkylation sites (N-methyl/N-ethyl adjacent to an activating group) is 1. The van der Waals surface area contributed by atoms with Gasteiger partial charge in [0.1, 0.15) is 5.54 Å². The predicted molar refractivity (Wildman–Crippen MR) is 147 cm³/mol. The highest BCUT2D eigenvalue weighted by atomic mass is 16.5. The number of esters is 1. The molecule has 36 heavy (non-hydrogen) atoms. The molecule has 3 N–H and O–H groups in total. The highest BCUT2D eigenvalue weighted by Gasteiger charge is 2.37. The monoisotopic (exact) mass is 480 g/mol. The fourth-order valence-electron chi connectivity index (χ4n) is 4.27. The van der Waals surface area contributed by atoms with Gasteiger partial charge in [0.25, 0.3) is 0 Å². The van der Waals surface area contributed by atoms with Crippen LogP contribution in [0.3, 0.4) is 0 Å². The van der Waals surface area contributed by atoms with Crippen molar-refractivity contribution in [3.05, 3.63) is 144 Å². The Morgan fingerprint density at radius 3 is 1.50 bits per heavy atom. The summed E-state index contributed by atoms with van der Waals surface area (Å²) in [6, 6.07) is 40.2. The fraction of sp³-hybridized carbons (Fsp3) is 0.219. The standard InChI is InChI=1S/C16H17NO2.C16H19N/c1-19-15(18)16(17,14-10-6-3-7-11-14)12-13-8-4-2-5-9-13;1-16(17-2,15-11-7-4-8-12-15)13-14-9-5-3-6-10-14/h2-11H,12,17H2,1H3;3-12,17H,13H2,1-2H3. The number of ether oxygens (including phenoxy) is 1. The summed E-state index contributed by atoms with van der Waals surface area (Å²) in [5.41, 5.74) is 9.60. The number of hydrogen-bond acceptors (Lipinski definition) is 4. The van der Waals surface area contributed by atoms with Crippen LogP contribution in [0.5, 0.6) is 0 Å². The Morgan fingerprint density at radius 1 is 0.694 bits per heavy atom. The van der Waals surface area contributed by atoms with E-state index in [4.69, 9.17) is 10.5 Å². The minimum atomic E-state index is -1.16. The van der Waals surface area contributed by atoms with Crippen molar-refractivity contribution >= 4 is 5.97 Å². The van der Waals surface area contributed by atoms with Gasteiger partial charge in [-0.25, -0.2) is 4.79 Å². The second kappa shape index (κ2) is 12.8. The molecule has 186 valence electrons. The van der Waals surface area contributed by atoms with Gasteiger partial charge in [-0.05, 0) is 42.6 Å². The fourth-order valence-corrected chi connectivity index (χ4v) is 4.27. The largest absolute Gasteiger partial charge is 0.467 e. The summed E-state index contributed by atoms with van der Waals surface area (Å²) < 4.78 is 4.88. The smallest absolute Gasteiger partial charge is 0.330 e. The molecular weight excluding hydrogens is 444 g/mol. The number of benzene rings is 4. The number of rotatable bonds is 8. The van der Waals surface area contributed by atoms with E-state index >= 15 is 0 Å². The van der Waals surface area contributed by atoms with Crippen molar-refractivity contribution in [3.63, 3.8) is 0 Å². The van der Waals surface area contributed by atoms with Gasteiger partial charge in [-0.2, -0.15) is 0 Å². The molecule has 2 atom stereocenters. The first-order chi connectivity index (χ1) is 17.4. The zero-order valence-electron chi connectivity index (χ0n) is 21.4. The topological polar surface area (TPSA) is 64.3 Å². The Hall–Kier alpha value is -3.73. The summed E-state index contributed by atoms with van der Waals surface area (Å²) in [7, 11) is 3.38. The van der Waals surface area contributed by atoms with Gasteiger partial charge in [0.2, 0.25) is 0 Å². The Bertz CT molecular complexity index is 1180. The maximum atomic E-state index is 12.1. The quantitative estimate of drug-likeness (QED) is 0.321. The molecule has 0 fully saturated rings. The average Bonchev–Trinajstić information content (AvgIpc) is 2.95. The lowest BCUT2D eigenvalue weighted by Crippen LogP contribution is -2.47. The molecule has 4 nitrogen and oxygen atoms in total. The van der Waals surface area contributed by atoms with E-state index in [0.717, 1.165) is 17.5 Å². The molecular formula is C32H36N2O2. The molecule has 0 saturated carbocycles. The van der Waals surface area contributed by atoms with Gasteiger partial charge in [-0.1, -0.05) is 121 Å². The Labute approximate surface area is 215 Å². The summed E-state index contributed by atoms with van der Waals surface area (Å²) >= 11 is 0. The van der Waals surface area contributed by atoms with E-state index in [1.807, 2.05) is 67.7 Å². The highest BCUT2D eigenvalue weighted by molar-refractivity contribution is 5.82. The van der Waals surface area contributed by atoms with Crippen molar-refractivity contribution in [2.24, 2.45) is 5.73 Å². The zero-order valence-corrected chi connectivity index (χ0v) is 21.4. The molecule has 2 unspecified atom stereocenters. The lowest BCUT2D eigenvalue weighted by Gasteiger charge is -2.30. The molecule has 4 aromatic rings. The first-order valence-corrected chi connectivity index (χ1v) is 12.2. The molecule has 4 rings (SSSR count). The maximum absolute atomic E-state index is 12.1. The predicted octanol–water partition coefficient (Wildman–Crippen LogP) is 5.62. The molecule has 0 bridgehead atoms. The number of carbonyl (C=O) groups excluding carboxylic acids is 1. The first-order valence-electron chi connectivity index (χ1n) is 12.2. The molecule has 0 amide bonds. The van der Waals surface area contributed by atoms with Crippen molar-refractivity contribution in [1.82, 2.24) is 5.32 Å². The summed E-state index contributed by atoms with van der Waals surface area (Å²) in [6.07, 6.45) is 1.40. The van der Waals surface area contributed by atoms with Crippen molar-refractivity contribution in [3.8, 4) is 0 Å². The van der Waals surface area contributed by atoms with Crippen LogP contribution in [0.25, 0.3) is 0 Å². The molecule has 0 aliphatic heterocycles. The molecule has 0 aliphatic carbocycles. The second-order valence-electron chi connectivity index (χ2n) is 9.10. The normalized spacial score (nSPS) is 13.9. The van der Waals surface area contributed by atoms with E-state index in [0.29, 0.717) is 6.42 Å². The third-order valence-corrected chi connectivity index (χ3v) is 6.53. The van der Waals surface area contributed by atoms with Crippen LogP contribution < -0.4 is 11.1 Å². The molecule has 0 aromatic heterocycles. The molecule has 0 heterocycles. The molecule has 0 saturated heterocycles. The van der Waals surface area contributed by atoms with Gasteiger partial charge in [0.15, 0.2) is 0 Å². The average molecular weight is 481 g/mol. The van der Waals surface area contributed by atoms with Crippen LogP contribution in [0.2, 0.25) is 0 Å². The molecule has 4 aromatic carbocycles. The van der Waals surface area contributed by atoms with E-state index in [-0.39, 0.29) is 5.54 Å². The molecule has 0 aliphatic rings. The van der Waals surface area contributed by atoms with Crippen LogP contribution in [0.4, 0.5) is 0 Å². The molecule has 0 spiro atoms. The number of nitrogens with two attached hydrogens (primary N) is 1. The first kappa shape index (κ1) is 26.9. The molecule has 0 radical (unpaired) electrons. The van der Waals surface area contributed by atoms with Crippen molar-refractivity contribution in [2.45, 2.75) is 30.8 Å². The molecule has 4 heteroatoms. The van der Waals surface area contributed by atoms with Gasteiger partial charge in [0.05, 0.1) is 7.11 Å². The van der Waals surface area contributed by atoms with Crippen LogP contribution in [0.15, 0.2) is 121 Å². The summed E-state index contributed by atoms with van der Waals surface area (Å²) in [6.45, 7) is 2.25. The van der Waals surface area contributed by atoms with Gasteiger partial charge in [-0.3, -0.25) is 0 Å². The van der Waals surface area contributed by atoms with Gasteiger partial charge < -0.3 is 15.8 Å². The Kier molecular flexibility index (Phi) is 9.57. The lowest BCUT2D eigenvalue weighted by atomic mass is 9.85. The van der Waals surface area contributed by atoms with Gasteiger partial charge in [0, 0.05) is 12.0 Å². The Balaban J connectivity index is 0.000000202. The number of methoxy groups -OCH3 is 1. The van der Waals surface area contributed by atoms with Crippen molar-refractivity contribution in [2.75, 3.05) is 14.2 Å². The van der Waals surface area contributed by atoms with Crippen LogP contribution in [0, 0.1) is 0 Å². The van der Waals surface area contributed by atoms with E-state index in [2.05, 4.69) is 72.9 Å². The third kappa shape index (κ3) is 6.91. The minimum absolute atomic E-state index is 0.0113. The van der Waals surface area contributed by atoms with E-state index in [1.54, 1.807) is 0 Å². The second-order valence-corrected chi connectivity index (χ2v) is 9.10. The van der Waals surface area contributed by atoms with Crippen molar-refractivity contribution in [1.29, 1.82) is 0 Å². The van der Waals surface area contributed by atoms with E-state index < -0.39 is 11.5 Å². The van der Waals surface area contributed by atoms with Gasteiger partial charge >= 0.3 is 5.97 Å². The third-order valence-electron chi connectivity index (χ3n) is 6.53. The van der Waals surface area contributed by atoms with Crippen LogP contribution >= 0.6 is 0 Å². The van der Waals surface area contributed by atoms with Crippen LogP contribution in [0.1, 0.15) is 29.2 Å². The summed E-state index contributed by atoms with van der Waals surface area (Å²) in [5.74, 6) is -0.428. The van der Waals surface area contributed by atoms with Crippen LogP contribution in [-0.2, 0) is 33.5 Å². The minimum Gasteiger partial charge on any atom is -0.467 e. The highest BCUT2D eigenvalue weighted by Crippen LogP contribution is 2.26. The number of nitrogens with one attached hydrogen (secondary N) is 1. The number of hydrogen-bond donors (Lipinski definition) is 2. The summed E-state index contributed by atoms with van der Waals surface area (Å²) in [4.78, 5) is 12.1. The summed E-state index contributed by atoms with van der Waals surface area (Å²) in [5, 5.41) is 3.44. The van der Waals surface area contributed by atoms with E-state index in [9.17, 15) is 4.79 Å². The van der Waals surface area contributed by atoms with Crippen molar-refractivity contribution < 1.29 is 9.53 Å². The number of carbonyl (C=O) groups is 1. The maximum Gasteiger partial charge on any atom is 0.330 e. The lowest BCUT2D eigenvalue weighted by molar-refractivity contribution is -0.147. The van der Waals surface area contributed by atoms with E-state index in [1.165, 1.54) is 18.2 Å².